The molecule has 0 aliphatic carbocycles. The number of guanidine groups is 1. The Balaban J connectivity index is 1.90. The van der Waals surface area contributed by atoms with Crippen molar-refractivity contribution in [1.29, 1.82) is 0 Å². The maximum Gasteiger partial charge on any atom is 0.403 e. The fourth-order valence-corrected chi connectivity index (χ4v) is 3.68. The Hall–Kier alpha value is -1.85. The van der Waals surface area contributed by atoms with Gasteiger partial charge >= 0.3 is 6.18 Å². The largest absolute Gasteiger partial charge is 0.403 e. The SMILES string of the molecule is CN=C(NCc1ccc(S(=O)(=O)NC)cc1)N1CCN(C(C)C(F)(F)F)CC1. The maximum absolute atomic E-state index is 12.9. The molecular formula is C17H26F3N5O2S. The van der Waals surface area contributed by atoms with Crippen molar-refractivity contribution in [3.05, 3.63) is 29.8 Å². The third-order valence-electron chi connectivity index (χ3n) is 4.80. The highest BCUT2D eigenvalue weighted by Crippen LogP contribution is 2.25. The summed E-state index contributed by atoms with van der Waals surface area (Å²) in [4.78, 5) is 7.72. The van der Waals surface area contributed by atoms with E-state index in [-0.39, 0.29) is 4.90 Å². The first kappa shape index (κ1) is 22.4. The molecule has 0 spiro atoms. The second kappa shape index (κ2) is 9.10. The first-order valence-corrected chi connectivity index (χ1v) is 10.4. The minimum absolute atomic E-state index is 0.179. The normalized spacial score (nSPS) is 18.2. The van der Waals surface area contributed by atoms with Gasteiger partial charge in [0.15, 0.2) is 5.96 Å². The van der Waals surface area contributed by atoms with Gasteiger partial charge in [0.05, 0.1) is 4.90 Å². The van der Waals surface area contributed by atoms with Gasteiger partial charge in [-0.3, -0.25) is 9.89 Å². The fourth-order valence-electron chi connectivity index (χ4n) is 2.95. The van der Waals surface area contributed by atoms with Crippen molar-refractivity contribution in [2.75, 3.05) is 40.3 Å². The number of hydrogen-bond acceptors (Lipinski definition) is 4. The standard InChI is InChI=1S/C17H26F3N5O2S/c1-13(17(18,19)20)24-8-10-25(11-9-24)16(21-2)23-12-14-4-6-15(7-5-14)28(26,27)22-3/h4-7,13,22H,8-12H2,1-3H3,(H,21,23). The van der Waals surface area contributed by atoms with E-state index in [1.54, 1.807) is 19.2 Å². The van der Waals surface area contributed by atoms with Crippen LogP contribution in [0.15, 0.2) is 34.2 Å². The van der Waals surface area contributed by atoms with Crippen molar-refractivity contribution in [2.45, 2.75) is 30.6 Å². The van der Waals surface area contributed by atoms with Crippen LogP contribution >= 0.6 is 0 Å². The number of alkyl halides is 3. The van der Waals surface area contributed by atoms with E-state index in [0.29, 0.717) is 38.7 Å². The van der Waals surface area contributed by atoms with E-state index in [1.165, 1.54) is 31.0 Å². The number of piperazine rings is 1. The van der Waals surface area contributed by atoms with Crippen LogP contribution in [-0.4, -0.2) is 76.7 Å². The van der Waals surface area contributed by atoms with Crippen molar-refractivity contribution < 1.29 is 21.6 Å². The number of benzene rings is 1. The van der Waals surface area contributed by atoms with Gasteiger partial charge in [0, 0.05) is 39.8 Å². The van der Waals surface area contributed by atoms with Crippen LogP contribution in [-0.2, 0) is 16.6 Å². The first-order chi connectivity index (χ1) is 13.1. The summed E-state index contributed by atoms with van der Waals surface area (Å²) in [5, 5.41) is 3.17. The summed E-state index contributed by atoms with van der Waals surface area (Å²) in [5.41, 5.74) is 0.862. The molecule has 1 aromatic carbocycles. The van der Waals surface area contributed by atoms with Crippen molar-refractivity contribution in [2.24, 2.45) is 4.99 Å². The predicted molar refractivity (Wildman–Crippen MR) is 102 cm³/mol. The summed E-state index contributed by atoms with van der Waals surface area (Å²) in [6.45, 7) is 3.10. The zero-order chi connectivity index (χ0) is 20.9. The average Bonchev–Trinajstić information content (AvgIpc) is 2.68. The molecule has 0 bridgehead atoms. The number of rotatable bonds is 5. The molecule has 1 aliphatic rings. The average molecular weight is 421 g/mol. The Kier molecular flexibility index (Phi) is 7.29. The highest BCUT2D eigenvalue weighted by Gasteiger charge is 2.41. The van der Waals surface area contributed by atoms with Crippen LogP contribution in [0.25, 0.3) is 0 Å². The minimum atomic E-state index is -4.23. The first-order valence-electron chi connectivity index (χ1n) is 8.87. The summed E-state index contributed by atoms with van der Waals surface area (Å²) in [7, 11) is -0.506. The minimum Gasteiger partial charge on any atom is -0.352 e. The molecule has 0 radical (unpaired) electrons. The predicted octanol–water partition coefficient (Wildman–Crippen LogP) is 1.24. The van der Waals surface area contributed by atoms with Crippen LogP contribution in [0.1, 0.15) is 12.5 Å². The molecule has 28 heavy (non-hydrogen) atoms. The summed E-state index contributed by atoms with van der Waals surface area (Å²) in [6, 6.07) is 4.98. The van der Waals surface area contributed by atoms with E-state index in [9.17, 15) is 21.6 Å². The lowest BCUT2D eigenvalue weighted by molar-refractivity contribution is -0.181. The highest BCUT2D eigenvalue weighted by atomic mass is 32.2. The zero-order valence-corrected chi connectivity index (χ0v) is 16.9. The van der Waals surface area contributed by atoms with Crippen LogP contribution in [0, 0.1) is 0 Å². The number of sulfonamides is 1. The van der Waals surface area contributed by atoms with Crippen LogP contribution in [0.3, 0.4) is 0 Å². The molecule has 1 atom stereocenters. The maximum atomic E-state index is 12.9. The molecule has 1 heterocycles. The van der Waals surface area contributed by atoms with E-state index in [4.69, 9.17) is 0 Å². The molecule has 1 fully saturated rings. The molecule has 0 saturated carbocycles. The van der Waals surface area contributed by atoms with Crippen LogP contribution in [0.4, 0.5) is 13.2 Å². The number of halogens is 3. The van der Waals surface area contributed by atoms with Gasteiger partial charge in [0.1, 0.15) is 6.04 Å². The van der Waals surface area contributed by atoms with Gasteiger partial charge in [0.2, 0.25) is 10.0 Å². The molecule has 7 nitrogen and oxygen atoms in total. The molecule has 0 amide bonds. The van der Waals surface area contributed by atoms with Crippen molar-refractivity contribution >= 4 is 16.0 Å². The molecule has 158 valence electrons. The molecular weight excluding hydrogens is 395 g/mol. The van der Waals surface area contributed by atoms with Gasteiger partial charge in [-0.25, -0.2) is 13.1 Å². The number of nitrogens with zero attached hydrogens (tertiary/aromatic N) is 3. The quantitative estimate of drug-likeness (QED) is 0.553. The van der Waals surface area contributed by atoms with Gasteiger partial charge < -0.3 is 10.2 Å². The summed E-state index contributed by atoms with van der Waals surface area (Å²) in [5.74, 6) is 0.603. The van der Waals surface area contributed by atoms with E-state index in [1.807, 2.05) is 4.90 Å². The fraction of sp³-hybridized carbons (Fsp3) is 0.588. The third-order valence-corrected chi connectivity index (χ3v) is 6.23. The van der Waals surface area contributed by atoms with E-state index >= 15 is 0 Å². The molecule has 1 unspecified atom stereocenters. The molecule has 1 aromatic rings. The van der Waals surface area contributed by atoms with Crippen molar-refractivity contribution in [3.63, 3.8) is 0 Å². The molecule has 2 rings (SSSR count). The van der Waals surface area contributed by atoms with Crippen molar-refractivity contribution in [3.8, 4) is 0 Å². The summed E-state index contributed by atoms with van der Waals surface area (Å²) in [6.07, 6.45) is -4.23. The van der Waals surface area contributed by atoms with Crippen molar-refractivity contribution in [1.82, 2.24) is 19.8 Å². The van der Waals surface area contributed by atoms with Gasteiger partial charge in [-0.05, 0) is 31.7 Å². The van der Waals surface area contributed by atoms with Gasteiger partial charge in [0.25, 0.3) is 0 Å². The lowest BCUT2D eigenvalue weighted by atomic mass is 10.2. The summed E-state index contributed by atoms with van der Waals surface area (Å²) >= 11 is 0. The van der Waals surface area contributed by atoms with E-state index in [0.717, 1.165) is 5.56 Å². The Morgan fingerprint density at radius 3 is 2.21 bits per heavy atom. The van der Waals surface area contributed by atoms with Gasteiger partial charge in [-0.15, -0.1) is 0 Å². The lowest BCUT2D eigenvalue weighted by Crippen LogP contribution is -2.56. The second-order valence-corrected chi connectivity index (χ2v) is 8.38. The number of hydrogen-bond donors (Lipinski definition) is 2. The molecule has 11 heteroatoms. The highest BCUT2D eigenvalue weighted by molar-refractivity contribution is 7.89. The van der Waals surface area contributed by atoms with E-state index in [2.05, 4.69) is 15.0 Å². The zero-order valence-electron chi connectivity index (χ0n) is 16.1. The molecule has 1 aliphatic heterocycles. The topological polar surface area (TPSA) is 77.0 Å². The Bertz CT molecular complexity index is 773. The smallest absolute Gasteiger partial charge is 0.352 e. The van der Waals surface area contributed by atoms with E-state index < -0.39 is 22.2 Å². The number of nitrogens with one attached hydrogen (secondary N) is 2. The Labute approximate surface area is 163 Å². The Morgan fingerprint density at radius 1 is 1.18 bits per heavy atom. The second-order valence-electron chi connectivity index (χ2n) is 6.49. The van der Waals surface area contributed by atoms with Crippen LogP contribution < -0.4 is 10.0 Å². The Morgan fingerprint density at radius 2 is 1.75 bits per heavy atom. The van der Waals surface area contributed by atoms with Crippen LogP contribution in [0.2, 0.25) is 0 Å². The number of aliphatic imine (C=N–C) groups is 1. The monoisotopic (exact) mass is 421 g/mol. The van der Waals surface area contributed by atoms with Gasteiger partial charge in [-0.1, -0.05) is 12.1 Å². The molecule has 0 aromatic heterocycles. The molecule has 2 N–H and O–H groups in total. The summed E-state index contributed by atoms with van der Waals surface area (Å²) < 4.78 is 64.3. The third kappa shape index (κ3) is 5.58. The molecule has 1 saturated heterocycles. The lowest BCUT2D eigenvalue weighted by Gasteiger charge is -2.39. The van der Waals surface area contributed by atoms with Crippen LogP contribution in [0.5, 0.6) is 0 Å². The van der Waals surface area contributed by atoms with Gasteiger partial charge in [-0.2, -0.15) is 13.2 Å².